The Hall–Kier alpha value is -1.02. The molecular weight excluding hydrogens is 234 g/mol. The molecule has 0 aromatic heterocycles. The van der Waals surface area contributed by atoms with Gasteiger partial charge in [0.2, 0.25) is 5.91 Å². The number of unbranched alkanes of at least 4 members (excludes halogenated alkanes) is 1. The van der Waals surface area contributed by atoms with Crippen LogP contribution in [0.5, 0.6) is 0 Å². The fraction of sp³-hybridized carbons (Fsp3) is 0.500. The first-order chi connectivity index (χ1) is 8.16. The first-order valence-corrected chi connectivity index (χ1v) is 6.61. The molecule has 1 saturated carbocycles. The van der Waals surface area contributed by atoms with E-state index in [1.807, 2.05) is 24.3 Å². The number of halogens is 1. The number of carbonyl (C=O) groups excluding carboxylic acids is 1. The molecule has 0 heterocycles. The number of rotatable bonds is 5. The van der Waals surface area contributed by atoms with E-state index in [1.165, 1.54) is 5.56 Å². The van der Waals surface area contributed by atoms with Gasteiger partial charge in [-0.15, -0.1) is 0 Å². The summed E-state index contributed by atoms with van der Waals surface area (Å²) in [6, 6.07) is 7.79. The summed E-state index contributed by atoms with van der Waals surface area (Å²) >= 11 is 5.87. The molecular formula is C14H18ClNO. The third kappa shape index (κ3) is 3.01. The van der Waals surface area contributed by atoms with Gasteiger partial charge in [-0.1, -0.05) is 37.1 Å². The van der Waals surface area contributed by atoms with Crippen LogP contribution < -0.4 is 5.32 Å². The lowest BCUT2D eigenvalue weighted by molar-refractivity contribution is -0.122. The predicted molar refractivity (Wildman–Crippen MR) is 70.0 cm³/mol. The summed E-state index contributed by atoms with van der Waals surface area (Å²) in [6.45, 7) is 2.10. The fourth-order valence-corrected chi connectivity index (χ4v) is 2.17. The predicted octanol–water partition coefficient (Wildman–Crippen LogP) is 3.64. The van der Waals surface area contributed by atoms with Crippen molar-refractivity contribution in [2.24, 2.45) is 0 Å². The molecule has 1 fully saturated rings. The van der Waals surface area contributed by atoms with Gasteiger partial charge in [-0.2, -0.15) is 0 Å². The van der Waals surface area contributed by atoms with Gasteiger partial charge in [-0.3, -0.25) is 4.79 Å². The maximum Gasteiger partial charge on any atom is 0.220 e. The van der Waals surface area contributed by atoms with Crippen LogP contribution in [0.3, 0.4) is 0 Å². The molecule has 0 bridgehead atoms. The van der Waals surface area contributed by atoms with Crippen molar-refractivity contribution in [2.75, 3.05) is 0 Å². The second-order valence-electron chi connectivity index (χ2n) is 4.74. The molecule has 1 aliphatic carbocycles. The Bertz CT molecular complexity index is 395. The molecule has 17 heavy (non-hydrogen) atoms. The number of hydrogen-bond acceptors (Lipinski definition) is 1. The van der Waals surface area contributed by atoms with Crippen molar-refractivity contribution in [2.45, 2.75) is 44.6 Å². The lowest BCUT2D eigenvalue weighted by Crippen LogP contribution is -2.34. The minimum Gasteiger partial charge on any atom is -0.347 e. The average Bonchev–Trinajstić information content (AvgIpc) is 3.08. The monoisotopic (exact) mass is 251 g/mol. The third-order valence-electron chi connectivity index (χ3n) is 3.28. The summed E-state index contributed by atoms with van der Waals surface area (Å²) in [5.74, 6) is 0.166. The van der Waals surface area contributed by atoms with Crippen LogP contribution in [0.15, 0.2) is 24.3 Å². The number of nitrogens with one attached hydrogen (secondary N) is 1. The van der Waals surface area contributed by atoms with Crippen LogP contribution in [0.1, 0.15) is 44.6 Å². The zero-order chi connectivity index (χ0) is 12.3. The first-order valence-electron chi connectivity index (χ1n) is 6.23. The highest BCUT2D eigenvalue weighted by atomic mass is 35.5. The Morgan fingerprint density at radius 1 is 1.35 bits per heavy atom. The highest BCUT2D eigenvalue weighted by molar-refractivity contribution is 6.30. The highest BCUT2D eigenvalue weighted by Crippen LogP contribution is 2.45. The summed E-state index contributed by atoms with van der Waals surface area (Å²) in [6.07, 6.45) is 4.72. The van der Waals surface area contributed by atoms with Crippen LogP contribution in [0.25, 0.3) is 0 Å². The second kappa shape index (κ2) is 5.09. The molecule has 2 rings (SSSR count). The van der Waals surface area contributed by atoms with Gasteiger partial charge in [0.25, 0.3) is 0 Å². The molecule has 0 saturated heterocycles. The topological polar surface area (TPSA) is 29.1 Å². The third-order valence-corrected chi connectivity index (χ3v) is 3.53. The molecule has 0 aliphatic heterocycles. The normalized spacial score (nSPS) is 16.6. The zero-order valence-electron chi connectivity index (χ0n) is 10.1. The number of carbonyl (C=O) groups is 1. The molecule has 1 N–H and O–H groups in total. The summed E-state index contributed by atoms with van der Waals surface area (Å²) in [5.41, 5.74) is 1.07. The molecule has 92 valence electrons. The lowest BCUT2D eigenvalue weighted by atomic mass is 10.0. The van der Waals surface area contributed by atoms with E-state index in [1.54, 1.807) is 0 Å². The van der Waals surface area contributed by atoms with E-state index >= 15 is 0 Å². The van der Waals surface area contributed by atoms with Gasteiger partial charge in [0.1, 0.15) is 0 Å². The lowest BCUT2D eigenvalue weighted by Gasteiger charge is -2.18. The Morgan fingerprint density at radius 3 is 2.53 bits per heavy atom. The SMILES string of the molecule is CCCCC(=O)NC1(c2ccc(Cl)cc2)CC1. The number of benzene rings is 1. The maximum absolute atomic E-state index is 11.8. The minimum absolute atomic E-state index is 0.102. The van der Waals surface area contributed by atoms with Crippen molar-refractivity contribution in [3.8, 4) is 0 Å². The molecule has 1 aromatic rings. The van der Waals surface area contributed by atoms with E-state index in [0.717, 1.165) is 30.7 Å². The molecule has 1 aliphatic rings. The van der Waals surface area contributed by atoms with Crippen LogP contribution in [-0.2, 0) is 10.3 Å². The molecule has 0 unspecified atom stereocenters. The van der Waals surface area contributed by atoms with E-state index in [2.05, 4.69) is 12.2 Å². The van der Waals surface area contributed by atoms with E-state index in [-0.39, 0.29) is 11.4 Å². The van der Waals surface area contributed by atoms with Crippen LogP contribution in [0, 0.1) is 0 Å². The van der Waals surface area contributed by atoms with Gasteiger partial charge in [0.05, 0.1) is 5.54 Å². The van der Waals surface area contributed by atoms with Crippen molar-refractivity contribution in [3.63, 3.8) is 0 Å². The average molecular weight is 252 g/mol. The van der Waals surface area contributed by atoms with Crippen molar-refractivity contribution in [1.82, 2.24) is 5.32 Å². The molecule has 3 heteroatoms. The molecule has 2 nitrogen and oxygen atoms in total. The summed E-state index contributed by atoms with van der Waals surface area (Å²) in [4.78, 5) is 11.8. The van der Waals surface area contributed by atoms with Crippen molar-refractivity contribution < 1.29 is 4.79 Å². The number of hydrogen-bond donors (Lipinski definition) is 1. The smallest absolute Gasteiger partial charge is 0.220 e. The van der Waals surface area contributed by atoms with Gasteiger partial charge >= 0.3 is 0 Å². The summed E-state index contributed by atoms with van der Waals surface area (Å²) < 4.78 is 0. The largest absolute Gasteiger partial charge is 0.347 e. The Morgan fingerprint density at radius 2 is 2.00 bits per heavy atom. The van der Waals surface area contributed by atoms with Crippen molar-refractivity contribution in [1.29, 1.82) is 0 Å². The number of amides is 1. The quantitative estimate of drug-likeness (QED) is 0.851. The summed E-state index contributed by atoms with van der Waals surface area (Å²) in [5, 5.41) is 3.89. The second-order valence-corrected chi connectivity index (χ2v) is 5.18. The van der Waals surface area contributed by atoms with Crippen molar-refractivity contribution >= 4 is 17.5 Å². The molecule has 1 amide bonds. The van der Waals surface area contributed by atoms with Crippen LogP contribution in [0.4, 0.5) is 0 Å². The van der Waals surface area contributed by atoms with Gasteiger partial charge in [0.15, 0.2) is 0 Å². The van der Waals surface area contributed by atoms with E-state index < -0.39 is 0 Å². The van der Waals surface area contributed by atoms with E-state index in [9.17, 15) is 4.79 Å². The van der Waals surface area contributed by atoms with Crippen molar-refractivity contribution in [3.05, 3.63) is 34.9 Å². The van der Waals surface area contributed by atoms with Gasteiger partial charge < -0.3 is 5.32 Å². The van der Waals surface area contributed by atoms with Crippen LogP contribution >= 0.6 is 11.6 Å². The first kappa shape index (κ1) is 12.4. The van der Waals surface area contributed by atoms with Gasteiger partial charge in [-0.25, -0.2) is 0 Å². The Labute approximate surface area is 107 Å². The van der Waals surface area contributed by atoms with E-state index in [0.29, 0.717) is 6.42 Å². The zero-order valence-corrected chi connectivity index (χ0v) is 10.9. The molecule has 1 aromatic carbocycles. The molecule has 0 radical (unpaired) electrons. The standard InChI is InChI=1S/C14H18ClNO/c1-2-3-4-13(17)16-14(9-10-14)11-5-7-12(15)8-6-11/h5-8H,2-4,9-10H2,1H3,(H,16,17). The van der Waals surface area contributed by atoms with Crippen LogP contribution in [0.2, 0.25) is 5.02 Å². The van der Waals surface area contributed by atoms with Gasteiger partial charge in [-0.05, 0) is 37.0 Å². The summed E-state index contributed by atoms with van der Waals surface area (Å²) in [7, 11) is 0. The van der Waals surface area contributed by atoms with E-state index in [4.69, 9.17) is 11.6 Å². The minimum atomic E-state index is -0.102. The maximum atomic E-state index is 11.8. The Kier molecular flexibility index (Phi) is 3.72. The van der Waals surface area contributed by atoms with Gasteiger partial charge in [0, 0.05) is 11.4 Å². The fourth-order valence-electron chi connectivity index (χ4n) is 2.05. The Balaban J connectivity index is 2.00. The molecule has 0 spiro atoms. The molecule has 0 atom stereocenters. The van der Waals surface area contributed by atoms with Crippen LogP contribution in [-0.4, -0.2) is 5.91 Å². The highest BCUT2D eigenvalue weighted by Gasteiger charge is 2.45.